The van der Waals surface area contributed by atoms with Crippen LogP contribution >= 0.6 is 35.1 Å². The molecule has 0 radical (unpaired) electrons. The van der Waals surface area contributed by atoms with Crippen LogP contribution in [0.5, 0.6) is 0 Å². The van der Waals surface area contributed by atoms with E-state index >= 15 is 0 Å². The van der Waals surface area contributed by atoms with E-state index in [1.807, 2.05) is 84.9 Å². The maximum atomic E-state index is 12.4. The molecule has 1 saturated heterocycles. The maximum Gasteiger partial charge on any atom is 0.309 e. The third-order valence-electron chi connectivity index (χ3n) is 4.99. The van der Waals surface area contributed by atoms with Gasteiger partial charge in [-0.2, -0.15) is 0 Å². The zero-order valence-electron chi connectivity index (χ0n) is 17.3. The molecule has 0 saturated carbocycles. The normalized spacial score (nSPS) is 18.2. The van der Waals surface area contributed by atoms with Gasteiger partial charge in [-0.3, -0.25) is 9.59 Å². The molecule has 1 heterocycles. The largest absolute Gasteiger partial charge is 0.425 e. The Morgan fingerprint density at radius 3 is 2.09 bits per heavy atom. The van der Waals surface area contributed by atoms with Gasteiger partial charge in [0, 0.05) is 21.7 Å². The second kappa shape index (κ2) is 10.0. The third-order valence-corrected chi connectivity index (χ3v) is 8.42. The lowest BCUT2D eigenvalue weighted by Crippen LogP contribution is -2.36. The fraction of sp³-hybridized carbons (Fsp3) is 0.200. The fourth-order valence-corrected chi connectivity index (χ4v) is 7.06. The summed E-state index contributed by atoms with van der Waals surface area (Å²) in [6.45, 7) is 1.32. The summed E-state index contributed by atoms with van der Waals surface area (Å²) in [6.07, 6.45) is -0.879. The van der Waals surface area contributed by atoms with Crippen molar-refractivity contribution in [3.05, 3.63) is 95.5 Å². The minimum atomic E-state index is -0.994. The molecule has 1 fully saturated rings. The zero-order chi connectivity index (χ0) is 22.6. The predicted molar refractivity (Wildman–Crippen MR) is 127 cm³/mol. The molecule has 2 atom stereocenters. The Morgan fingerprint density at radius 2 is 1.56 bits per heavy atom. The van der Waals surface area contributed by atoms with Crippen molar-refractivity contribution in [2.75, 3.05) is 0 Å². The molecule has 4 nitrogen and oxygen atoms in total. The van der Waals surface area contributed by atoms with Crippen LogP contribution in [0.2, 0.25) is 5.02 Å². The van der Waals surface area contributed by atoms with Crippen LogP contribution in [0.4, 0.5) is 0 Å². The van der Waals surface area contributed by atoms with Crippen LogP contribution in [-0.2, 0) is 23.1 Å². The minimum absolute atomic E-state index is 0.115. The number of carbonyl (C=O) groups is 2. The van der Waals surface area contributed by atoms with Crippen molar-refractivity contribution in [2.45, 2.75) is 33.5 Å². The number of rotatable bonds is 7. The van der Waals surface area contributed by atoms with Gasteiger partial charge in [0.25, 0.3) is 6.29 Å². The molecule has 0 spiro atoms. The standard InChI is InChI=1S/C25H21ClO4S2/c1-17(27)29-24-22(16-23(28)30-24)25(18-9-8-10-19(26)15-18,31-20-11-4-2-5-12-20)32-21-13-6-3-7-14-21/h2-15,22,24H,16H2,1H3/t22-,24-/m1/s1. The van der Waals surface area contributed by atoms with E-state index in [1.54, 1.807) is 23.5 Å². The summed E-state index contributed by atoms with van der Waals surface area (Å²) >= 11 is 9.62. The van der Waals surface area contributed by atoms with Gasteiger partial charge < -0.3 is 9.47 Å². The quantitative estimate of drug-likeness (QED) is 0.216. The van der Waals surface area contributed by atoms with Crippen LogP contribution in [0, 0.1) is 5.92 Å². The van der Waals surface area contributed by atoms with Gasteiger partial charge in [0.05, 0.1) is 12.3 Å². The van der Waals surface area contributed by atoms with Crippen molar-refractivity contribution in [2.24, 2.45) is 5.92 Å². The number of cyclic esters (lactones) is 1. The summed E-state index contributed by atoms with van der Waals surface area (Å²) in [5, 5.41) is 0.587. The molecule has 0 aromatic heterocycles. The van der Waals surface area contributed by atoms with Crippen molar-refractivity contribution < 1.29 is 19.1 Å². The van der Waals surface area contributed by atoms with E-state index in [-0.39, 0.29) is 6.42 Å². The third kappa shape index (κ3) is 5.14. The number of carbonyl (C=O) groups excluding carboxylic acids is 2. The Hall–Kier alpha value is -2.41. The molecule has 0 unspecified atom stereocenters. The molecule has 164 valence electrons. The summed E-state index contributed by atoms with van der Waals surface area (Å²) in [4.78, 5) is 26.3. The molecule has 0 amide bonds. The number of hydrogen-bond donors (Lipinski definition) is 0. The van der Waals surface area contributed by atoms with Crippen LogP contribution in [0.15, 0.2) is 94.7 Å². The molecule has 0 N–H and O–H groups in total. The zero-order valence-corrected chi connectivity index (χ0v) is 19.7. The highest BCUT2D eigenvalue weighted by Gasteiger charge is 2.54. The Morgan fingerprint density at radius 1 is 0.969 bits per heavy atom. The summed E-state index contributed by atoms with van der Waals surface area (Å²) in [5.41, 5.74) is 0.910. The van der Waals surface area contributed by atoms with E-state index in [0.717, 1.165) is 15.4 Å². The number of halogens is 1. The first kappa shape index (κ1) is 22.8. The van der Waals surface area contributed by atoms with E-state index in [0.29, 0.717) is 5.02 Å². The highest BCUT2D eigenvalue weighted by atomic mass is 35.5. The van der Waals surface area contributed by atoms with Crippen molar-refractivity contribution in [3.8, 4) is 0 Å². The number of hydrogen-bond acceptors (Lipinski definition) is 6. The summed E-state index contributed by atoms with van der Waals surface area (Å²) < 4.78 is 10.2. The van der Waals surface area contributed by atoms with Gasteiger partial charge in [0.2, 0.25) is 0 Å². The Labute approximate surface area is 200 Å². The number of ether oxygens (including phenoxy) is 2. The minimum Gasteiger partial charge on any atom is -0.425 e. The average molecular weight is 485 g/mol. The van der Waals surface area contributed by atoms with Gasteiger partial charge in [0.1, 0.15) is 4.08 Å². The number of esters is 2. The van der Waals surface area contributed by atoms with E-state index in [1.165, 1.54) is 6.92 Å². The van der Waals surface area contributed by atoms with Crippen LogP contribution < -0.4 is 0 Å². The molecule has 1 aliphatic heterocycles. The Bertz CT molecular complexity index is 1050. The van der Waals surface area contributed by atoms with Crippen molar-refractivity contribution in [1.82, 2.24) is 0 Å². The van der Waals surface area contributed by atoms with Crippen molar-refractivity contribution in [1.29, 1.82) is 0 Å². The molecule has 3 aromatic rings. The molecule has 32 heavy (non-hydrogen) atoms. The second-order valence-electron chi connectivity index (χ2n) is 7.29. The monoisotopic (exact) mass is 484 g/mol. The van der Waals surface area contributed by atoms with E-state index in [9.17, 15) is 9.59 Å². The van der Waals surface area contributed by atoms with Gasteiger partial charge in [-0.25, -0.2) is 0 Å². The first-order valence-corrected chi connectivity index (χ1v) is 12.1. The maximum absolute atomic E-state index is 12.4. The SMILES string of the molecule is CC(=O)O[C@@H]1OC(=O)C[C@H]1C(Sc1ccccc1)(Sc1ccccc1)c1cccc(Cl)c1. The van der Waals surface area contributed by atoms with Gasteiger partial charge >= 0.3 is 11.9 Å². The first-order valence-electron chi connectivity index (χ1n) is 10.1. The average Bonchev–Trinajstić information content (AvgIpc) is 3.14. The molecule has 4 rings (SSSR count). The van der Waals surface area contributed by atoms with Gasteiger partial charge in [-0.15, -0.1) is 23.5 Å². The predicted octanol–water partition coefficient (Wildman–Crippen LogP) is 6.53. The van der Waals surface area contributed by atoms with Crippen LogP contribution in [-0.4, -0.2) is 18.2 Å². The van der Waals surface area contributed by atoms with Crippen LogP contribution in [0.25, 0.3) is 0 Å². The molecular weight excluding hydrogens is 464 g/mol. The van der Waals surface area contributed by atoms with Crippen LogP contribution in [0.3, 0.4) is 0 Å². The van der Waals surface area contributed by atoms with E-state index in [4.69, 9.17) is 21.1 Å². The van der Waals surface area contributed by atoms with Crippen LogP contribution in [0.1, 0.15) is 18.9 Å². The highest BCUT2D eigenvalue weighted by Crippen LogP contribution is 2.60. The fourth-order valence-electron chi connectivity index (χ4n) is 3.66. The summed E-state index contributed by atoms with van der Waals surface area (Å²) in [5.74, 6) is -1.34. The van der Waals surface area contributed by atoms with Crippen molar-refractivity contribution in [3.63, 3.8) is 0 Å². The lowest BCUT2D eigenvalue weighted by Gasteiger charge is -2.39. The lowest BCUT2D eigenvalue weighted by atomic mass is 9.95. The van der Waals surface area contributed by atoms with E-state index < -0.39 is 28.2 Å². The molecular formula is C25H21ClO4S2. The van der Waals surface area contributed by atoms with Gasteiger partial charge in [0.15, 0.2) is 0 Å². The summed E-state index contributed by atoms with van der Waals surface area (Å²) in [6, 6.07) is 27.5. The Balaban J connectivity index is 1.90. The molecule has 0 aliphatic carbocycles. The summed E-state index contributed by atoms with van der Waals surface area (Å²) in [7, 11) is 0. The molecule has 0 bridgehead atoms. The smallest absolute Gasteiger partial charge is 0.309 e. The first-order chi connectivity index (χ1) is 15.5. The van der Waals surface area contributed by atoms with Gasteiger partial charge in [-0.1, -0.05) is 60.1 Å². The highest BCUT2D eigenvalue weighted by molar-refractivity contribution is 8.17. The molecule has 3 aromatic carbocycles. The number of thioether (sulfide) groups is 2. The molecule has 7 heteroatoms. The lowest BCUT2D eigenvalue weighted by molar-refractivity contribution is -0.180. The van der Waals surface area contributed by atoms with E-state index in [2.05, 4.69) is 0 Å². The number of benzene rings is 3. The Kier molecular flexibility index (Phi) is 7.13. The molecule has 1 aliphatic rings. The second-order valence-corrected chi connectivity index (χ2v) is 10.6. The topological polar surface area (TPSA) is 52.6 Å². The van der Waals surface area contributed by atoms with Crippen molar-refractivity contribution >= 4 is 47.1 Å². The van der Waals surface area contributed by atoms with Gasteiger partial charge in [-0.05, 0) is 42.0 Å².